The summed E-state index contributed by atoms with van der Waals surface area (Å²) in [5.41, 5.74) is 0.633. The molecule has 0 bridgehead atoms. The molecule has 94 valence electrons. The number of anilines is 1. The zero-order valence-corrected chi connectivity index (χ0v) is 10.6. The van der Waals surface area contributed by atoms with Gasteiger partial charge in [0.2, 0.25) is 0 Å². The Morgan fingerprint density at radius 3 is 2.59 bits per heavy atom. The first-order valence-corrected chi connectivity index (χ1v) is 6.39. The Labute approximate surface area is 103 Å². The van der Waals surface area contributed by atoms with E-state index in [4.69, 9.17) is 5.11 Å². The molecular weight excluding hydrogens is 214 g/mol. The molecule has 0 amide bonds. The van der Waals surface area contributed by atoms with E-state index < -0.39 is 0 Å². The zero-order chi connectivity index (χ0) is 12.3. The second kappa shape index (κ2) is 5.45. The van der Waals surface area contributed by atoms with Crippen LogP contribution in [0.1, 0.15) is 38.8 Å². The number of aliphatic hydroxyl groups excluding tert-OH is 1. The van der Waals surface area contributed by atoms with Crippen molar-refractivity contribution in [2.75, 3.05) is 11.4 Å². The molecule has 2 rings (SSSR count). The molecule has 0 saturated heterocycles. The maximum Gasteiger partial charge on any atom is 0.147 e. The molecule has 17 heavy (non-hydrogen) atoms. The monoisotopic (exact) mass is 235 g/mol. The summed E-state index contributed by atoms with van der Waals surface area (Å²) in [7, 11) is 0. The summed E-state index contributed by atoms with van der Waals surface area (Å²) >= 11 is 0. The highest BCUT2D eigenvalue weighted by atomic mass is 16.3. The average molecular weight is 235 g/mol. The Hall–Kier alpha value is -1.16. The maximum absolute atomic E-state index is 8.95. The van der Waals surface area contributed by atoms with Crippen LogP contribution in [0, 0.1) is 5.92 Å². The lowest BCUT2D eigenvalue weighted by molar-refractivity contribution is 0.276. The molecule has 0 atom stereocenters. The zero-order valence-electron chi connectivity index (χ0n) is 10.6. The summed E-state index contributed by atoms with van der Waals surface area (Å²) in [5, 5.41) is 8.95. The van der Waals surface area contributed by atoms with E-state index in [1.165, 1.54) is 19.3 Å². The van der Waals surface area contributed by atoms with Crippen LogP contribution in [0.2, 0.25) is 0 Å². The predicted octanol–water partition coefficient (Wildman–Crippen LogP) is 1.98. The lowest BCUT2D eigenvalue weighted by Crippen LogP contribution is -2.28. The van der Waals surface area contributed by atoms with Crippen LogP contribution in [0.4, 0.5) is 5.82 Å². The molecule has 1 aliphatic carbocycles. The number of aliphatic hydroxyl groups is 1. The van der Waals surface area contributed by atoms with Gasteiger partial charge < -0.3 is 10.0 Å². The van der Waals surface area contributed by atoms with Gasteiger partial charge in [-0.05, 0) is 25.2 Å². The highest BCUT2D eigenvalue weighted by Crippen LogP contribution is 2.30. The highest BCUT2D eigenvalue weighted by Gasteiger charge is 2.29. The van der Waals surface area contributed by atoms with Crippen LogP contribution < -0.4 is 4.90 Å². The quantitative estimate of drug-likeness (QED) is 0.819. The lowest BCUT2D eigenvalue weighted by Gasteiger charge is -2.24. The molecule has 1 aliphatic rings. The Bertz CT molecular complexity index is 346. The van der Waals surface area contributed by atoms with Gasteiger partial charge in [0.15, 0.2) is 0 Å². The van der Waals surface area contributed by atoms with E-state index in [1.54, 1.807) is 12.4 Å². The Balaban J connectivity index is 2.03. The van der Waals surface area contributed by atoms with Crippen LogP contribution >= 0.6 is 0 Å². The van der Waals surface area contributed by atoms with Gasteiger partial charge in [-0.1, -0.05) is 13.8 Å². The third-order valence-electron chi connectivity index (χ3n) is 3.08. The first-order chi connectivity index (χ1) is 8.20. The van der Waals surface area contributed by atoms with Crippen LogP contribution in [0.3, 0.4) is 0 Å². The van der Waals surface area contributed by atoms with Crippen molar-refractivity contribution >= 4 is 5.82 Å². The van der Waals surface area contributed by atoms with Crippen molar-refractivity contribution in [1.82, 2.24) is 9.97 Å². The van der Waals surface area contributed by atoms with E-state index in [0.717, 1.165) is 12.4 Å². The first kappa shape index (κ1) is 12.3. The number of hydrogen-bond donors (Lipinski definition) is 1. The number of nitrogens with zero attached hydrogens (tertiary/aromatic N) is 3. The molecule has 1 fully saturated rings. The molecule has 0 spiro atoms. The SMILES string of the molecule is CC(C)CCN(c1cnc(CO)cn1)C1CC1. The standard InChI is InChI=1S/C13H21N3O/c1-10(2)5-6-16(12-3-4-12)13-8-14-11(9-17)7-15-13/h7-8,10,12,17H,3-6,9H2,1-2H3. The van der Waals surface area contributed by atoms with Gasteiger partial charge in [0.05, 0.1) is 24.7 Å². The van der Waals surface area contributed by atoms with Gasteiger partial charge in [-0.15, -0.1) is 0 Å². The minimum atomic E-state index is -0.0390. The van der Waals surface area contributed by atoms with Gasteiger partial charge in [-0.3, -0.25) is 4.98 Å². The normalized spacial score (nSPS) is 15.3. The highest BCUT2D eigenvalue weighted by molar-refractivity contribution is 5.39. The summed E-state index contributed by atoms with van der Waals surface area (Å²) in [4.78, 5) is 10.9. The molecule has 4 heteroatoms. The molecule has 1 heterocycles. The van der Waals surface area contributed by atoms with Crippen molar-refractivity contribution in [3.05, 3.63) is 18.1 Å². The van der Waals surface area contributed by atoms with Crippen molar-refractivity contribution < 1.29 is 5.11 Å². The minimum absolute atomic E-state index is 0.0390. The molecule has 1 aromatic heterocycles. The van der Waals surface area contributed by atoms with Crippen LogP contribution in [-0.2, 0) is 6.61 Å². The molecule has 1 aromatic rings. The van der Waals surface area contributed by atoms with Crippen LogP contribution in [0.25, 0.3) is 0 Å². The van der Waals surface area contributed by atoms with Gasteiger partial charge in [-0.25, -0.2) is 4.98 Å². The van der Waals surface area contributed by atoms with Crippen LogP contribution in [0.5, 0.6) is 0 Å². The molecule has 4 nitrogen and oxygen atoms in total. The average Bonchev–Trinajstić information content (AvgIpc) is 3.14. The van der Waals surface area contributed by atoms with Gasteiger partial charge in [-0.2, -0.15) is 0 Å². The van der Waals surface area contributed by atoms with E-state index in [0.29, 0.717) is 17.7 Å². The summed E-state index contributed by atoms with van der Waals surface area (Å²) in [6.07, 6.45) is 7.16. The van der Waals surface area contributed by atoms with Crippen molar-refractivity contribution in [1.29, 1.82) is 0 Å². The first-order valence-electron chi connectivity index (χ1n) is 6.39. The van der Waals surface area contributed by atoms with E-state index in [-0.39, 0.29) is 6.61 Å². The summed E-state index contributed by atoms with van der Waals surface area (Å²) in [6.45, 7) is 5.50. The number of aromatic nitrogens is 2. The second-order valence-corrected chi connectivity index (χ2v) is 5.13. The molecule has 0 unspecified atom stereocenters. The fourth-order valence-corrected chi connectivity index (χ4v) is 1.85. The second-order valence-electron chi connectivity index (χ2n) is 5.13. The maximum atomic E-state index is 8.95. The number of hydrogen-bond acceptors (Lipinski definition) is 4. The largest absolute Gasteiger partial charge is 0.390 e. The Morgan fingerprint density at radius 1 is 1.35 bits per heavy atom. The van der Waals surface area contributed by atoms with Gasteiger partial charge in [0.1, 0.15) is 5.82 Å². The Kier molecular flexibility index (Phi) is 3.94. The van der Waals surface area contributed by atoms with Crippen molar-refractivity contribution in [2.24, 2.45) is 5.92 Å². The lowest BCUT2D eigenvalue weighted by atomic mass is 10.1. The molecular formula is C13H21N3O. The molecule has 1 saturated carbocycles. The molecule has 0 aromatic carbocycles. The Morgan fingerprint density at radius 2 is 2.12 bits per heavy atom. The van der Waals surface area contributed by atoms with Gasteiger partial charge in [0.25, 0.3) is 0 Å². The van der Waals surface area contributed by atoms with Crippen molar-refractivity contribution in [3.63, 3.8) is 0 Å². The van der Waals surface area contributed by atoms with Gasteiger partial charge in [0, 0.05) is 12.6 Å². The molecule has 0 radical (unpaired) electrons. The van der Waals surface area contributed by atoms with E-state index >= 15 is 0 Å². The summed E-state index contributed by atoms with van der Waals surface area (Å²) in [5.74, 6) is 1.66. The third kappa shape index (κ3) is 3.40. The molecule has 0 aliphatic heterocycles. The fourth-order valence-electron chi connectivity index (χ4n) is 1.85. The smallest absolute Gasteiger partial charge is 0.147 e. The van der Waals surface area contributed by atoms with Crippen LogP contribution in [0.15, 0.2) is 12.4 Å². The third-order valence-corrected chi connectivity index (χ3v) is 3.08. The van der Waals surface area contributed by atoms with E-state index in [2.05, 4.69) is 28.7 Å². The number of rotatable bonds is 6. The predicted molar refractivity (Wildman–Crippen MR) is 67.8 cm³/mol. The topological polar surface area (TPSA) is 49.2 Å². The summed E-state index contributed by atoms with van der Waals surface area (Å²) < 4.78 is 0. The van der Waals surface area contributed by atoms with Crippen molar-refractivity contribution in [3.8, 4) is 0 Å². The van der Waals surface area contributed by atoms with Crippen LogP contribution in [-0.4, -0.2) is 27.7 Å². The van der Waals surface area contributed by atoms with E-state index in [1.807, 2.05) is 0 Å². The molecule has 1 N–H and O–H groups in total. The minimum Gasteiger partial charge on any atom is -0.390 e. The van der Waals surface area contributed by atoms with E-state index in [9.17, 15) is 0 Å². The van der Waals surface area contributed by atoms with Gasteiger partial charge >= 0.3 is 0 Å². The van der Waals surface area contributed by atoms with Crippen molar-refractivity contribution in [2.45, 2.75) is 45.8 Å². The summed E-state index contributed by atoms with van der Waals surface area (Å²) in [6, 6.07) is 0.656. The fraction of sp³-hybridized carbons (Fsp3) is 0.692.